The molecule has 5 heteroatoms. The van der Waals surface area contributed by atoms with Crippen molar-refractivity contribution in [3.63, 3.8) is 0 Å². The first-order chi connectivity index (χ1) is 12.0. The number of carbonyl (C=O) groups is 1. The lowest BCUT2D eigenvalue weighted by Crippen LogP contribution is -2.05. The van der Waals surface area contributed by atoms with Crippen LogP contribution in [0.1, 0.15) is 33.8 Å². The van der Waals surface area contributed by atoms with Crippen LogP contribution in [-0.4, -0.2) is 10.8 Å². The first kappa shape index (κ1) is 16.8. The van der Waals surface area contributed by atoms with Gasteiger partial charge in [-0.1, -0.05) is 18.2 Å². The topological polar surface area (TPSA) is 78.3 Å². The molecule has 0 unspecified atom stereocenters. The highest BCUT2D eigenvalue weighted by Crippen LogP contribution is 2.25. The largest absolute Gasteiger partial charge is 0.426 e. The van der Waals surface area contributed by atoms with Gasteiger partial charge in [0.1, 0.15) is 11.6 Å². The number of aryl methyl sites for hydroxylation is 2. The standard InChI is InChI=1S/C20H20N2O3/c1-13-12-19(21)22-14(2)16(13)8-9-17(23)18-10-11-20(25-18)24-15-6-4-3-5-7-15/h3-7,10-12H,8-9H2,1-2H3,(H2,21,22). The van der Waals surface area contributed by atoms with Gasteiger partial charge in [0.15, 0.2) is 11.5 Å². The summed E-state index contributed by atoms with van der Waals surface area (Å²) < 4.78 is 11.1. The molecule has 128 valence electrons. The van der Waals surface area contributed by atoms with Crippen molar-refractivity contribution in [3.05, 3.63) is 71.1 Å². The van der Waals surface area contributed by atoms with Crippen molar-refractivity contribution >= 4 is 11.6 Å². The number of para-hydroxylation sites is 1. The van der Waals surface area contributed by atoms with Crippen LogP contribution in [0.4, 0.5) is 5.82 Å². The van der Waals surface area contributed by atoms with Gasteiger partial charge in [0.05, 0.1) is 0 Å². The Hall–Kier alpha value is -3.08. The Balaban J connectivity index is 1.64. The number of benzene rings is 1. The number of Topliss-reactive ketones (excluding diaryl/α,β-unsaturated/α-hetero) is 1. The zero-order chi connectivity index (χ0) is 17.8. The van der Waals surface area contributed by atoms with Gasteiger partial charge in [-0.25, -0.2) is 4.98 Å². The Bertz CT molecular complexity index is 862. The molecule has 0 saturated carbocycles. The average Bonchev–Trinajstić information content (AvgIpc) is 3.03. The number of carbonyl (C=O) groups excluding carboxylic acids is 1. The fourth-order valence-corrected chi connectivity index (χ4v) is 2.76. The van der Waals surface area contributed by atoms with E-state index in [1.54, 1.807) is 12.1 Å². The van der Waals surface area contributed by atoms with Crippen LogP contribution >= 0.6 is 0 Å². The number of furan rings is 1. The second kappa shape index (κ2) is 7.21. The van der Waals surface area contributed by atoms with E-state index in [0.29, 0.717) is 36.1 Å². The molecule has 0 saturated heterocycles. The summed E-state index contributed by atoms with van der Waals surface area (Å²) in [6, 6.07) is 14.4. The van der Waals surface area contributed by atoms with Crippen molar-refractivity contribution in [2.75, 3.05) is 5.73 Å². The smallest absolute Gasteiger partial charge is 0.290 e. The molecule has 1 aromatic carbocycles. The second-order valence-corrected chi connectivity index (χ2v) is 5.88. The maximum absolute atomic E-state index is 12.4. The monoisotopic (exact) mass is 336 g/mol. The summed E-state index contributed by atoms with van der Waals surface area (Å²) >= 11 is 0. The van der Waals surface area contributed by atoms with E-state index in [4.69, 9.17) is 14.9 Å². The summed E-state index contributed by atoms with van der Waals surface area (Å²) in [5, 5.41) is 0. The van der Waals surface area contributed by atoms with Crippen LogP contribution in [0.2, 0.25) is 0 Å². The van der Waals surface area contributed by atoms with Crippen molar-refractivity contribution < 1.29 is 13.9 Å². The Kier molecular flexibility index (Phi) is 4.84. The number of hydrogen-bond donors (Lipinski definition) is 1. The third-order valence-electron chi connectivity index (χ3n) is 3.99. The van der Waals surface area contributed by atoms with Crippen molar-refractivity contribution in [1.82, 2.24) is 4.98 Å². The van der Waals surface area contributed by atoms with Crippen LogP contribution in [0.15, 0.2) is 52.9 Å². The summed E-state index contributed by atoms with van der Waals surface area (Å²) in [5.74, 6) is 1.69. The van der Waals surface area contributed by atoms with E-state index in [-0.39, 0.29) is 5.78 Å². The van der Waals surface area contributed by atoms with Gasteiger partial charge in [0.25, 0.3) is 5.95 Å². The molecular formula is C20H20N2O3. The summed E-state index contributed by atoms with van der Waals surface area (Å²) in [5.41, 5.74) is 8.69. The first-order valence-electron chi connectivity index (χ1n) is 8.11. The average molecular weight is 336 g/mol. The molecule has 0 spiro atoms. The zero-order valence-electron chi connectivity index (χ0n) is 14.3. The highest BCUT2D eigenvalue weighted by Gasteiger charge is 2.14. The number of ketones is 1. The van der Waals surface area contributed by atoms with Gasteiger partial charge in [0.2, 0.25) is 0 Å². The molecule has 5 nitrogen and oxygen atoms in total. The van der Waals surface area contributed by atoms with Crippen LogP contribution in [0.3, 0.4) is 0 Å². The number of ether oxygens (including phenoxy) is 1. The van der Waals surface area contributed by atoms with E-state index in [1.165, 1.54) is 0 Å². The van der Waals surface area contributed by atoms with E-state index in [9.17, 15) is 4.79 Å². The number of nitrogens with zero attached hydrogens (tertiary/aromatic N) is 1. The number of pyridine rings is 1. The molecular weight excluding hydrogens is 316 g/mol. The summed E-state index contributed by atoms with van der Waals surface area (Å²) in [6.45, 7) is 3.88. The molecule has 0 aliphatic heterocycles. The highest BCUT2D eigenvalue weighted by atomic mass is 16.6. The van der Waals surface area contributed by atoms with Crippen LogP contribution in [0.5, 0.6) is 11.7 Å². The SMILES string of the molecule is Cc1cc(N)nc(C)c1CCC(=O)c1ccc(Oc2ccccc2)o1. The minimum atomic E-state index is -0.0708. The van der Waals surface area contributed by atoms with E-state index >= 15 is 0 Å². The third kappa shape index (κ3) is 4.07. The van der Waals surface area contributed by atoms with Crippen LogP contribution in [0, 0.1) is 13.8 Å². The molecule has 0 fully saturated rings. The maximum atomic E-state index is 12.4. The third-order valence-corrected chi connectivity index (χ3v) is 3.99. The number of nitrogen functional groups attached to an aromatic ring is 1. The normalized spacial score (nSPS) is 10.6. The van der Waals surface area contributed by atoms with E-state index < -0.39 is 0 Å². The van der Waals surface area contributed by atoms with E-state index in [0.717, 1.165) is 16.8 Å². The molecule has 0 amide bonds. The highest BCUT2D eigenvalue weighted by molar-refractivity contribution is 5.93. The molecule has 2 N–H and O–H groups in total. The first-order valence-corrected chi connectivity index (χ1v) is 8.11. The van der Waals surface area contributed by atoms with Crippen molar-refractivity contribution in [2.45, 2.75) is 26.7 Å². The number of aromatic nitrogens is 1. The Morgan fingerprint density at radius 2 is 1.92 bits per heavy atom. The lowest BCUT2D eigenvalue weighted by molar-refractivity contribution is 0.0951. The molecule has 25 heavy (non-hydrogen) atoms. The summed E-state index contributed by atoms with van der Waals surface area (Å²) in [6.07, 6.45) is 0.935. The van der Waals surface area contributed by atoms with Gasteiger partial charge >= 0.3 is 0 Å². The molecule has 2 aromatic heterocycles. The van der Waals surface area contributed by atoms with Gasteiger partial charge in [-0.15, -0.1) is 0 Å². The molecule has 0 aliphatic carbocycles. The summed E-state index contributed by atoms with van der Waals surface area (Å²) in [4.78, 5) is 16.6. The van der Waals surface area contributed by atoms with Gasteiger partial charge in [0, 0.05) is 18.2 Å². The Labute approximate surface area is 146 Å². The number of anilines is 1. The Morgan fingerprint density at radius 1 is 1.16 bits per heavy atom. The van der Waals surface area contributed by atoms with Gasteiger partial charge in [-0.2, -0.15) is 0 Å². The van der Waals surface area contributed by atoms with E-state index in [1.807, 2.05) is 50.2 Å². The molecule has 0 aliphatic rings. The minimum absolute atomic E-state index is 0.0708. The van der Waals surface area contributed by atoms with Crippen molar-refractivity contribution in [2.24, 2.45) is 0 Å². The number of hydrogen-bond acceptors (Lipinski definition) is 5. The van der Waals surface area contributed by atoms with E-state index in [2.05, 4.69) is 4.98 Å². The van der Waals surface area contributed by atoms with Crippen LogP contribution in [-0.2, 0) is 6.42 Å². The molecule has 3 rings (SSSR count). The lowest BCUT2D eigenvalue weighted by Gasteiger charge is -2.09. The van der Waals surface area contributed by atoms with Crippen molar-refractivity contribution in [1.29, 1.82) is 0 Å². The fraction of sp³-hybridized carbons (Fsp3) is 0.200. The minimum Gasteiger partial charge on any atom is -0.426 e. The predicted octanol–water partition coefficient (Wildman–Crippen LogP) is 4.48. The van der Waals surface area contributed by atoms with Gasteiger partial charge in [-0.05, 0) is 55.7 Å². The summed E-state index contributed by atoms with van der Waals surface area (Å²) in [7, 11) is 0. The number of rotatable bonds is 6. The predicted molar refractivity (Wildman–Crippen MR) is 96.0 cm³/mol. The van der Waals surface area contributed by atoms with Gasteiger partial charge < -0.3 is 14.9 Å². The maximum Gasteiger partial charge on any atom is 0.290 e. The molecule has 0 radical (unpaired) electrons. The molecule has 0 bridgehead atoms. The van der Waals surface area contributed by atoms with Crippen LogP contribution in [0.25, 0.3) is 0 Å². The molecule has 0 atom stereocenters. The van der Waals surface area contributed by atoms with Gasteiger partial charge in [-0.3, -0.25) is 4.79 Å². The molecule has 3 aromatic rings. The van der Waals surface area contributed by atoms with Crippen molar-refractivity contribution in [3.8, 4) is 11.7 Å². The Morgan fingerprint density at radius 3 is 2.64 bits per heavy atom. The number of nitrogens with two attached hydrogens (primary N) is 1. The second-order valence-electron chi connectivity index (χ2n) is 5.88. The van der Waals surface area contributed by atoms with Crippen LogP contribution < -0.4 is 10.5 Å². The fourth-order valence-electron chi connectivity index (χ4n) is 2.76. The quantitative estimate of drug-likeness (QED) is 0.671. The molecule has 2 heterocycles. The zero-order valence-corrected chi connectivity index (χ0v) is 14.3. The lowest BCUT2D eigenvalue weighted by atomic mass is 10.0.